The van der Waals surface area contributed by atoms with Crippen molar-refractivity contribution in [1.29, 1.82) is 0 Å². The number of nitrogens with one attached hydrogen (secondary N) is 1. The van der Waals surface area contributed by atoms with E-state index in [9.17, 15) is 4.79 Å². The molecular formula is C13H20N2O3. The van der Waals surface area contributed by atoms with E-state index in [1.54, 1.807) is 38.1 Å². The van der Waals surface area contributed by atoms with Crippen molar-refractivity contribution in [2.75, 3.05) is 26.0 Å². The predicted octanol–water partition coefficient (Wildman–Crippen LogP) is 1.19. The molecule has 0 fully saturated rings. The number of hydrogen-bond acceptors (Lipinski definition) is 4. The van der Waals surface area contributed by atoms with Crippen molar-refractivity contribution >= 4 is 11.6 Å². The van der Waals surface area contributed by atoms with Gasteiger partial charge in [0.05, 0.1) is 6.54 Å². The maximum Gasteiger partial charge on any atom is 0.251 e. The Hall–Kier alpha value is -1.75. The van der Waals surface area contributed by atoms with Crippen molar-refractivity contribution in [3.05, 3.63) is 24.3 Å². The van der Waals surface area contributed by atoms with Gasteiger partial charge in [-0.05, 0) is 38.1 Å². The molecule has 0 saturated heterocycles. The van der Waals surface area contributed by atoms with Crippen LogP contribution >= 0.6 is 0 Å². The van der Waals surface area contributed by atoms with E-state index in [0.29, 0.717) is 18.8 Å². The highest BCUT2D eigenvalue weighted by Gasteiger charge is 2.26. The molecule has 0 aliphatic carbocycles. The Morgan fingerprint density at radius 1 is 1.33 bits per heavy atom. The van der Waals surface area contributed by atoms with Gasteiger partial charge in [0.15, 0.2) is 0 Å². The SMILES string of the molecule is COC(C)(C)C(=O)NCCOc1ccc(N)cc1. The van der Waals surface area contributed by atoms with E-state index in [1.807, 2.05) is 0 Å². The summed E-state index contributed by atoms with van der Waals surface area (Å²) in [4.78, 5) is 11.6. The summed E-state index contributed by atoms with van der Waals surface area (Å²) in [5, 5.41) is 2.74. The fourth-order valence-electron chi connectivity index (χ4n) is 1.20. The first kappa shape index (κ1) is 14.3. The lowest BCUT2D eigenvalue weighted by molar-refractivity contribution is -0.139. The van der Waals surface area contributed by atoms with Crippen LogP contribution in [0.25, 0.3) is 0 Å². The summed E-state index contributed by atoms with van der Waals surface area (Å²) in [5.41, 5.74) is 5.43. The van der Waals surface area contributed by atoms with Gasteiger partial charge in [0.1, 0.15) is 18.0 Å². The highest BCUT2D eigenvalue weighted by Crippen LogP contribution is 2.12. The zero-order valence-corrected chi connectivity index (χ0v) is 11.0. The summed E-state index contributed by atoms with van der Waals surface area (Å²) in [6.07, 6.45) is 0. The number of benzene rings is 1. The molecule has 1 rings (SSSR count). The minimum atomic E-state index is -0.818. The fraction of sp³-hybridized carbons (Fsp3) is 0.462. The molecule has 1 aromatic rings. The van der Waals surface area contributed by atoms with Crippen LogP contribution in [0, 0.1) is 0 Å². The lowest BCUT2D eigenvalue weighted by Crippen LogP contribution is -2.44. The predicted molar refractivity (Wildman–Crippen MR) is 70.4 cm³/mol. The van der Waals surface area contributed by atoms with Gasteiger partial charge in [0, 0.05) is 12.8 Å². The van der Waals surface area contributed by atoms with Crippen LogP contribution in [0.2, 0.25) is 0 Å². The Morgan fingerprint density at radius 3 is 2.50 bits per heavy atom. The summed E-state index contributed by atoms with van der Waals surface area (Å²) < 4.78 is 10.5. The number of anilines is 1. The number of nitrogens with two attached hydrogens (primary N) is 1. The monoisotopic (exact) mass is 252 g/mol. The van der Waals surface area contributed by atoms with E-state index in [0.717, 1.165) is 5.75 Å². The first-order valence-electron chi connectivity index (χ1n) is 5.77. The standard InChI is InChI=1S/C13H20N2O3/c1-13(2,17-3)12(16)15-8-9-18-11-6-4-10(14)5-7-11/h4-7H,8-9,14H2,1-3H3,(H,15,16). The van der Waals surface area contributed by atoms with E-state index in [1.165, 1.54) is 7.11 Å². The second-order valence-electron chi connectivity index (χ2n) is 4.39. The summed E-state index contributed by atoms with van der Waals surface area (Å²) >= 11 is 0. The minimum absolute atomic E-state index is 0.161. The Balaban J connectivity index is 2.27. The number of ether oxygens (including phenoxy) is 2. The smallest absolute Gasteiger partial charge is 0.251 e. The molecule has 0 bridgehead atoms. The number of carbonyl (C=O) groups is 1. The summed E-state index contributed by atoms with van der Waals surface area (Å²) in [6, 6.07) is 7.11. The van der Waals surface area contributed by atoms with Gasteiger partial charge < -0.3 is 20.5 Å². The molecule has 0 saturated carbocycles. The van der Waals surface area contributed by atoms with Gasteiger partial charge in [-0.2, -0.15) is 0 Å². The topological polar surface area (TPSA) is 73.6 Å². The normalized spacial score (nSPS) is 11.1. The van der Waals surface area contributed by atoms with E-state index in [4.69, 9.17) is 15.2 Å². The second kappa shape index (κ2) is 6.26. The van der Waals surface area contributed by atoms with Crippen molar-refractivity contribution < 1.29 is 14.3 Å². The van der Waals surface area contributed by atoms with Crippen LogP contribution in [0.5, 0.6) is 5.75 Å². The van der Waals surface area contributed by atoms with E-state index in [2.05, 4.69) is 5.32 Å². The van der Waals surface area contributed by atoms with Crippen LogP contribution in [0.15, 0.2) is 24.3 Å². The number of hydrogen-bond donors (Lipinski definition) is 2. The molecule has 0 aliphatic rings. The summed E-state index contributed by atoms with van der Waals surface area (Å²) in [5.74, 6) is 0.565. The van der Waals surface area contributed by atoms with Crippen LogP contribution in [0.4, 0.5) is 5.69 Å². The van der Waals surface area contributed by atoms with Gasteiger partial charge in [0.25, 0.3) is 5.91 Å². The quantitative estimate of drug-likeness (QED) is 0.589. The Kier molecular flexibility index (Phi) is 4.97. The van der Waals surface area contributed by atoms with Crippen LogP contribution in [0.1, 0.15) is 13.8 Å². The average molecular weight is 252 g/mol. The molecule has 0 aliphatic heterocycles. The van der Waals surface area contributed by atoms with Gasteiger partial charge in [-0.1, -0.05) is 0 Å². The van der Waals surface area contributed by atoms with Gasteiger partial charge in [-0.25, -0.2) is 0 Å². The molecule has 5 nitrogen and oxygen atoms in total. The Labute approximate surface area is 107 Å². The molecule has 1 amide bonds. The lowest BCUT2D eigenvalue weighted by atomic mass is 10.1. The molecule has 5 heteroatoms. The van der Waals surface area contributed by atoms with Gasteiger partial charge in [0.2, 0.25) is 0 Å². The van der Waals surface area contributed by atoms with Crippen molar-refractivity contribution in [1.82, 2.24) is 5.32 Å². The third-order valence-corrected chi connectivity index (χ3v) is 2.59. The maximum atomic E-state index is 11.6. The van der Waals surface area contributed by atoms with Crippen molar-refractivity contribution in [2.45, 2.75) is 19.4 Å². The molecule has 100 valence electrons. The molecular weight excluding hydrogens is 232 g/mol. The zero-order valence-electron chi connectivity index (χ0n) is 11.0. The number of nitrogen functional groups attached to an aromatic ring is 1. The Bertz CT molecular complexity index is 388. The molecule has 3 N–H and O–H groups in total. The van der Waals surface area contributed by atoms with Crippen molar-refractivity contribution in [3.8, 4) is 5.75 Å². The van der Waals surface area contributed by atoms with E-state index >= 15 is 0 Å². The fourth-order valence-corrected chi connectivity index (χ4v) is 1.20. The van der Waals surface area contributed by atoms with Crippen LogP contribution in [-0.4, -0.2) is 31.8 Å². The number of carbonyl (C=O) groups excluding carboxylic acids is 1. The Morgan fingerprint density at radius 2 is 1.94 bits per heavy atom. The van der Waals surface area contributed by atoms with Crippen LogP contribution in [0.3, 0.4) is 0 Å². The summed E-state index contributed by atoms with van der Waals surface area (Å²) in [6.45, 7) is 4.25. The second-order valence-corrected chi connectivity index (χ2v) is 4.39. The van der Waals surface area contributed by atoms with Crippen molar-refractivity contribution in [2.24, 2.45) is 0 Å². The number of rotatable bonds is 6. The average Bonchev–Trinajstić information content (AvgIpc) is 2.36. The highest BCUT2D eigenvalue weighted by molar-refractivity contribution is 5.84. The van der Waals surface area contributed by atoms with Gasteiger partial charge >= 0.3 is 0 Å². The molecule has 0 spiro atoms. The van der Waals surface area contributed by atoms with E-state index < -0.39 is 5.60 Å². The van der Waals surface area contributed by atoms with Gasteiger partial charge in [-0.15, -0.1) is 0 Å². The molecule has 0 atom stereocenters. The van der Waals surface area contributed by atoms with Gasteiger partial charge in [-0.3, -0.25) is 4.79 Å². The van der Waals surface area contributed by atoms with E-state index in [-0.39, 0.29) is 5.91 Å². The molecule has 0 heterocycles. The third kappa shape index (κ3) is 4.25. The molecule has 0 aromatic heterocycles. The maximum absolute atomic E-state index is 11.6. The minimum Gasteiger partial charge on any atom is -0.492 e. The molecule has 0 radical (unpaired) electrons. The summed E-state index contributed by atoms with van der Waals surface area (Å²) in [7, 11) is 1.50. The first-order valence-corrected chi connectivity index (χ1v) is 5.77. The highest BCUT2D eigenvalue weighted by atomic mass is 16.5. The number of methoxy groups -OCH3 is 1. The zero-order chi connectivity index (χ0) is 13.6. The lowest BCUT2D eigenvalue weighted by Gasteiger charge is -2.21. The number of amides is 1. The van der Waals surface area contributed by atoms with Crippen molar-refractivity contribution in [3.63, 3.8) is 0 Å². The molecule has 0 unspecified atom stereocenters. The molecule has 18 heavy (non-hydrogen) atoms. The third-order valence-electron chi connectivity index (χ3n) is 2.59. The first-order chi connectivity index (χ1) is 8.45. The van der Waals surface area contributed by atoms with Crippen LogP contribution < -0.4 is 15.8 Å². The van der Waals surface area contributed by atoms with Crippen LogP contribution in [-0.2, 0) is 9.53 Å². The largest absolute Gasteiger partial charge is 0.492 e. The molecule has 1 aromatic carbocycles.